The van der Waals surface area contributed by atoms with E-state index in [0.29, 0.717) is 0 Å². The molecule has 8 heteroatoms. The summed E-state index contributed by atoms with van der Waals surface area (Å²) in [6.07, 6.45) is 7.43. The molecule has 0 spiro atoms. The van der Waals surface area contributed by atoms with Gasteiger partial charge in [0, 0.05) is 6.07 Å². The summed E-state index contributed by atoms with van der Waals surface area (Å²) in [4.78, 5) is 20.4. The Morgan fingerprint density at radius 2 is 1.83 bits per heavy atom. The topological polar surface area (TPSA) is 111 Å². The average molecular weight is 316 g/mol. The maximum atomic E-state index is 11.0. The number of hydrogen-bond donors (Lipinski definition) is 1. The molecule has 0 aromatic heterocycles. The number of hydrogen-bond acceptors (Lipinski definition) is 6. The van der Waals surface area contributed by atoms with Gasteiger partial charge in [0.05, 0.1) is 22.1 Å². The summed E-state index contributed by atoms with van der Waals surface area (Å²) in [5.74, 6) is 0. The van der Waals surface area contributed by atoms with E-state index in [9.17, 15) is 20.2 Å². The van der Waals surface area contributed by atoms with Gasteiger partial charge in [-0.1, -0.05) is 12.7 Å². The van der Waals surface area contributed by atoms with E-state index in [-0.39, 0.29) is 11.4 Å². The van der Waals surface area contributed by atoms with Crippen molar-refractivity contribution >= 4 is 23.3 Å². The molecule has 23 heavy (non-hydrogen) atoms. The third-order valence-electron chi connectivity index (χ3n) is 3.60. The van der Waals surface area contributed by atoms with Crippen LogP contribution in [0.25, 0.3) is 0 Å². The summed E-state index contributed by atoms with van der Waals surface area (Å²) in [5, 5.41) is 25.7. The Balaban J connectivity index is 2.21. The molecule has 0 atom stereocenters. The predicted molar refractivity (Wildman–Crippen MR) is 87.6 cm³/mol. The zero-order valence-corrected chi connectivity index (χ0v) is 12.4. The highest BCUT2D eigenvalue weighted by molar-refractivity contribution is 5.81. The molecule has 0 saturated carbocycles. The quantitative estimate of drug-likeness (QED) is 0.485. The molecule has 1 N–H and O–H groups in total. The number of benzene rings is 1. The predicted octanol–water partition coefficient (Wildman–Crippen LogP) is 3.96. The monoisotopic (exact) mass is 316 g/mol. The molecule has 1 aromatic rings. The molecule has 2 rings (SSSR count). The summed E-state index contributed by atoms with van der Waals surface area (Å²) in [7, 11) is 0. The van der Waals surface area contributed by atoms with E-state index >= 15 is 0 Å². The van der Waals surface area contributed by atoms with Gasteiger partial charge in [-0.25, -0.2) is 0 Å². The number of nitro groups is 2. The van der Waals surface area contributed by atoms with Gasteiger partial charge in [0.2, 0.25) is 0 Å². The van der Waals surface area contributed by atoms with E-state index in [4.69, 9.17) is 0 Å². The SMILES string of the molecule is C=CC1=C(/C=N/Nc2ccc([N+](=O)[O-])cc2[N+](=O)[O-])CCCC1. The van der Waals surface area contributed by atoms with E-state index in [1.165, 1.54) is 12.1 Å². The third-order valence-corrected chi connectivity index (χ3v) is 3.60. The molecule has 0 amide bonds. The second-order valence-electron chi connectivity index (χ2n) is 5.05. The van der Waals surface area contributed by atoms with Crippen molar-refractivity contribution in [2.45, 2.75) is 25.7 Å². The van der Waals surface area contributed by atoms with Crippen molar-refractivity contribution in [3.05, 3.63) is 62.2 Å². The maximum absolute atomic E-state index is 11.0. The Morgan fingerprint density at radius 3 is 2.43 bits per heavy atom. The molecular formula is C15H16N4O4. The van der Waals surface area contributed by atoms with Crippen LogP contribution in [-0.2, 0) is 0 Å². The number of hydrazone groups is 1. The van der Waals surface area contributed by atoms with E-state index in [1.807, 2.05) is 0 Å². The summed E-state index contributed by atoms with van der Waals surface area (Å²) < 4.78 is 0. The van der Waals surface area contributed by atoms with Crippen LogP contribution in [-0.4, -0.2) is 16.1 Å². The molecule has 0 bridgehead atoms. The molecule has 0 heterocycles. The van der Waals surface area contributed by atoms with Crippen LogP contribution in [0.2, 0.25) is 0 Å². The fourth-order valence-electron chi connectivity index (χ4n) is 2.39. The summed E-state index contributed by atoms with van der Waals surface area (Å²) >= 11 is 0. The van der Waals surface area contributed by atoms with Gasteiger partial charge in [-0.3, -0.25) is 25.7 Å². The van der Waals surface area contributed by atoms with E-state index < -0.39 is 15.5 Å². The second-order valence-corrected chi connectivity index (χ2v) is 5.05. The lowest BCUT2D eigenvalue weighted by molar-refractivity contribution is -0.393. The number of nitro benzene ring substituents is 2. The minimum absolute atomic E-state index is 0.105. The Kier molecular flexibility index (Phi) is 5.19. The van der Waals surface area contributed by atoms with Gasteiger partial charge in [0.1, 0.15) is 5.69 Å². The molecule has 0 aliphatic heterocycles. The molecule has 0 unspecified atom stereocenters. The van der Waals surface area contributed by atoms with Crippen LogP contribution in [0.3, 0.4) is 0 Å². The number of nitrogens with one attached hydrogen (secondary N) is 1. The highest BCUT2D eigenvalue weighted by atomic mass is 16.6. The first kappa shape index (κ1) is 16.3. The van der Waals surface area contributed by atoms with Gasteiger partial charge < -0.3 is 0 Å². The third kappa shape index (κ3) is 4.00. The zero-order valence-electron chi connectivity index (χ0n) is 12.4. The molecule has 0 radical (unpaired) electrons. The Hall–Kier alpha value is -3.03. The normalized spacial score (nSPS) is 14.8. The van der Waals surface area contributed by atoms with Crippen LogP contribution in [0.5, 0.6) is 0 Å². The molecule has 120 valence electrons. The van der Waals surface area contributed by atoms with E-state index in [1.54, 1.807) is 12.3 Å². The summed E-state index contributed by atoms with van der Waals surface area (Å²) in [5.41, 5.74) is 4.14. The number of rotatable bonds is 6. The molecular weight excluding hydrogens is 300 g/mol. The first-order valence-corrected chi connectivity index (χ1v) is 7.09. The average Bonchev–Trinajstić information content (AvgIpc) is 2.55. The molecule has 1 aliphatic rings. The van der Waals surface area contributed by atoms with Crippen molar-refractivity contribution < 1.29 is 9.85 Å². The Labute approximate surface area is 132 Å². The molecule has 1 aliphatic carbocycles. The molecule has 0 saturated heterocycles. The summed E-state index contributed by atoms with van der Waals surface area (Å²) in [6, 6.07) is 3.38. The van der Waals surface area contributed by atoms with Crippen molar-refractivity contribution in [3.63, 3.8) is 0 Å². The van der Waals surface area contributed by atoms with E-state index in [2.05, 4.69) is 17.1 Å². The summed E-state index contributed by atoms with van der Waals surface area (Å²) in [6.45, 7) is 3.77. The van der Waals surface area contributed by atoms with Gasteiger partial charge in [-0.05, 0) is 42.9 Å². The van der Waals surface area contributed by atoms with Gasteiger partial charge in [0.15, 0.2) is 0 Å². The highest BCUT2D eigenvalue weighted by Crippen LogP contribution is 2.29. The fourth-order valence-corrected chi connectivity index (χ4v) is 2.39. The standard InChI is InChI=1S/C15H16N4O4/c1-2-11-5-3-4-6-12(11)10-16-17-14-8-7-13(18(20)21)9-15(14)19(22)23/h2,7-10,17H,1,3-6H2/b16-10+. The van der Waals surface area contributed by atoms with Crippen LogP contribution >= 0.6 is 0 Å². The fraction of sp³-hybridized carbons (Fsp3) is 0.267. The molecule has 1 aromatic carbocycles. The lowest BCUT2D eigenvalue weighted by Gasteiger charge is -2.14. The molecule has 0 fully saturated rings. The smallest absolute Gasteiger partial charge is 0.272 e. The van der Waals surface area contributed by atoms with Gasteiger partial charge >= 0.3 is 5.69 Å². The van der Waals surface area contributed by atoms with Crippen molar-refractivity contribution in [1.29, 1.82) is 0 Å². The number of nitrogens with zero attached hydrogens (tertiary/aromatic N) is 3. The second kappa shape index (κ2) is 7.30. The minimum Gasteiger partial charge on any atom is -0.272 e. The first-order valence-electron chi connectivity index (χ1n) is 7.09. The lowest BCUT2D eigenvalue weighted by Crippen LogP contribution is -2.02. The molecule has 8 nitrogen and oxygen atoms in total. The van der Waals surface area contributed by atoms with Gasteiger partial charge in [-0.2, -0.15) is 5.10 Å². The lowest BCUT2D eigenvalue weighted by atomic mass is 9.92. The van der Waals surface area contributed by atoms with Crippen molar-refractivity contribution in [2.75, 3.05) is 5.43 Å². The number of anilines is 1. The first-order chi connectivity index (χ1) is 11.0. The maximum Gasteiger partial charge on any atom is 0.301 e. The largest absolute Gasteiger partial charge is 0.301 e. The highest BCUT2D eigenvalue weighted by Gasteiger charge is 2.19. The minimum atomic E-state index is -0.681. The van der Waals surface area contributed by atoms with Crippen LogP contribution in [0, 0.1) is 20.2 Å². The van der Waals surface area contributed by atoms with Gasteiger partial charge in [-0.15, -0.1) is 0 Å². The van der Waals surface area contributed by atoms with Crippen molar-refractivity contribution in [2.24, 2.45) is 5.10 Å². The number of allylic oxidation sites excluding steroid dienone is 3. The van der Waals surface area contributed by atoms with Gasteiger partial charge in [0.25, 0.3) is 5.69 Å². The zero-order chi connectivity index (χ0) is 16.8. The Morgan fingerprint density at radius 1 is 1.13 bits per heavy atom. The van der Waals surface area contributed by atoms with Crippen LogP contribution in [0.15, 0.2) is 47.1 Å². The van der Waals surface area contributed by atoms with E-state index in [0.717, 1.165) is 42.9 Å². The van der Waals surface area contributed by atoms with Crippen LogP contribution < -0.4 is 5.43 Å². The number of non-ortho nitro benzene ring substituents is 1. The van der Waals surface area contributed by atoms with Crippen molar-refractivity contribution in [3.8, 4) is 0 Å². The van der Waals surface area contributed by atoms with Crippen LogP contribution in [0.4, 0.5) is 17.1 Å². The Bertz CT molecular complexity index is 709. The van der Waals surface area contributed by atoms with Crippen LogP contribution in [0.1, 0.15) is 25.7 Å². The van der Waals surface area contributed by atoms with Crippen molar-refractivity contribution in [1.82, 2.24) is 0 Å².